The summed E-state index contributed by atoms with van der Waals surface area (Å²) in [6.07, 6.45) is 49.3. The lowest BCUT2D eigenvalue weighted by atomic mass is 10.1. The van der Waals surface area contributed by atoms with Crippen LogP contribution in [-0.4, -0.2) is 36.4 Å². The third-order valence-corrected chi connectivity index (χ3v) is 7.17. The van der Waals surface area contributed by atoms with E-state index in [0.29, 0.717) is 12.8 Å². The zero-order chi connectivity index (χ0) is 33.6. The smallest absolute Gasteiger partial charge is 0.306 e. The third-order valence-electron chi connectivity index (χ3n) is 7.17. The van der Waals surface area contributed by atoms with Gasteiger partial charge in [0.1, 0.15) is 6.61 Å². The molecule has 0 heterocycles. The van der Waals surface area contributed by atoms with E-state index in [-0.39, 0.29) is 25.2 Å². The standard InChI is InChI=1S/C41H66O5/c1-3-5-7-9-11-13-15-16-17-18-19-20-21-22-23-24-26-28-30-32-34-36-41(44)46-39(37-42)38-45-40(43)35-33-31-29-27-25-14-12-10-8-6-4-2/h5,7,10-13,16-17,19-20,22-23,26,28,39,42H,3-4,6,8-9,14-15,18,21,24-25,27,29-38H2,1-2H3/b7-5-,12-10-,13-11-,17-16-,20-19-,23-22-,28-26-. The summed E-state index contributed by atoms with van der Waals surface area (Å²) < 4.78 is 10.5. The molecule has 1 atom stereocenters. The topological polar surface area (TPSA) is 72.8 Å². The summed E-state index contributed by atoms with van der Waals surface area (Å²) in [5.74, 6) is -0.664. The Morgan fingerprint density at radius 1 is 0.522 bits per heavy atom. The van der Waals surface area contributed by atoms with Gasteiger partial charge in [0.15, 0.2) is 6.10 Å². The molecule has 0 bridgehead atoms. The number of unbranched alkanes of at least 4 members (excludes halogenated alkanes) is 9. The van der Waals surface area contributed by atoms with Gasteiger partial charge in [-0.05, 0) is 83.5 Å². The second-order valence-electron chi connectivity index (χ2n) is 11.6. The Kier molecular flexibility index (Phi) is 34.2. The molecule has 0 aliphatic carbocycles. The van der Waals surface area contributed by atoms with Crippen LogP contribution in [0.1, 0.15) is 142 Å². The summed E-state index contributed by atoms with van der Waals surface area (Å²) in [7, 11) is 0. The van der Waals surface area contributed by atoms with Gasteiger partial charge in [-0.25, -0.2) is 0 Å². The van der Waals surface area contributed by atoms with E-state index in [1.54, 1.807) is 0 Å². The van der Waals surface area contributed by atoms with E-state index in [1.807, 2.05) is 0 Å². The second-order valence-corrected chi connectivity index (χ2v) is 11.6. The van der Waals surface area contributed by atoms with Crippen LogP contribution in [0.3, 0.4) is 0 Å². The van der Waals surface area contributed by atoms with Crippen LogP contribution in [0.5, 0.6) is 0 Å². The Morgan fingerprint density at radius 3 is 1.48 bits per heavy atom. The largest absolute Gasteiger partial charge is 0.462 e. The van der Waals surface area contributed by atoms with Crippen molar-refractivity contribution in [2.45, 2.75) is 148 Å². The van der Waals surface area contributed by atoms with Gasteiger partial charge in [-0.2, -0.15) is 0 Å². The highest BCUT2D eigenvalue weighted by Crippen LogP contribution is 2.10. The van der Waals surface area contributed by atoms with E-state index < -0.39 is 6.10 Å². The van der Waals surface area contributed by atoms with Crippen molar-refractivity contribution in [2.24, 2.45) is 0 Å². The van der Waals surface area contributed by atoms with E-state index in [2.05, 4.69) is 98.9 Å². The summed E-state index contributed by atoms with van der Waals surface area (Å²) in [5.41, 5.74) is 0. The van der Waals surface area contributed by atoms with Crippen LogP contribution in [0.4, 0.5) is 0 Å². The van der Waals surface area contributed by atoms with Gasteiger partial charge in [-0.1, -0.05) is 131 Å². The second kappa shape index (κ2) is 36.5. The molecule has 46 heavy (non-hydrogen) atoms. The Bertz CT molecular complexity index is 906. The SMILES string of the molecule is CC/C=C\C/C=C\C/C=C\C/C=C\C/C=C\C/C=C\CCCCC(=O)OC(CO)COC(=O)CCCCCCC/C=C\CCCC. The number of hydrogen-bond acceptors (Lipinski definition) is 5. The predicted molar refractivity (Wildman–Crippen MR) is 196 cm³/mol. The monoisotopic (exact) mass is 638 g/mol. The van der Waals surface area contributed by atoms with Crippen molar-refractivity contribution in [2.75, 3.05) is 13.2 Å². The van der Waals surface area contributed by atoms with Crippen molar-refractivity contribution in [3.05, 3.63) is 85.1 Å². The van der Waals surface area contributed by atoms with E-state index >= 15 is 0 Å². The number of esters is 2. The maximum absolute atomic E-state index is 12.1. The quantitative estimate of drug-likeness (QED) is 0.0465. The average Bonchev–Trinajstić information content (AvgIpc) is 3.06. The number of aliphatic hydroxyl groups is 1. The Balaban J connectivity index is 3.73. The maximum atomic E-state index is 12.1. The van der Waals surface area contributed by atoms with Crippen molar-refractivity contribution in [3.63, 3.8) is 0 Å². The number of carbonyl (C=O) groups is 2. The van der Waals surface area contributed by atoms with Crippen LogP contribution in [0.15, 0.2) is 85.1 Å². The molecule has 0 rings (SSSR count). The van der Waals surface area contributed by atoms with Crippen LogP contribution in [0.25, 0.3) is 0 Å². The molecule has 0 fully saturated rings. The fraction of sp³-hybridized carbons (Fsp3) is 0.610. The van der Waals surface area contributed by atoms with Crippen molar-refractivity contribution >= 4 is 11.9 Å². The zero-order valence-corrected chi connectivity index (χ0v) is 29.3. The fourth-order valence-corrected chi connectivity index (χ4v) is 4.42. The first-order chi connectivity index (χ1) is 22.6. The molecule has 0 aromatic carbocycles. The Hall–Kier alpha value is -2.92. The van der Waals surface area contributed by atoms with Crippen LogP contribution >= 0.6 is 0 Å². The number of hydrogen-bond donors (Lipinski definition) is 1. The van der Waals surface area contributed by atoms with Gasteiger partial charge >= 0.3 is 11.9 Å². The molecule has 5 heteroatoms. The number of ether oxygens (including phenoxy) is 2. The molecule has 0 spiro atoms. The lowest BCUT2D eigenvalue weighted by molar-refractivity contribution is -0.161. The van der Waals surface area contributed by atoms with Gasteiger partial charge in [-0.3, -0.25) is 9.59 Å². The minimum atomic E-state index is -0.801. The number of aliphatic hydroxyl groups excluding tert-OH is 1. The third kappa shape index (κ3) is 34.0. The van der Waals surface area contributed by atoms with Gasteiger partial charge in [-0.15, -0.1) is 0 Å². The first kappa shape index (κ1) is 43.1. The summed E-state index contributed by atoms with van der Waals surface area (Å²) in [5, 5.41) is 9.51. The summed E-state index contributed by atoms with van der Waals surface area (Å²) >= 11 is 0. The Labute approximate surface area is 282 Å². The minimum absolute atomic E-state index is 0.0933. The Morgan fingerprint density at radius 2 is 0.935 bits per heavy atom. The molecule has 1 N–H and O–H groups in total. The van der Waals surface area contributed by atoms with Crippen LogP contribution in [0, 0.1) is 0 Å². The van der Waals surface area contributed by atoms with Gasteiger partial charge in [0.25, 0.3) is 0 Å². The summed E-state index contributed by atoms with van der Waals surface area (Å²) in [6, 6.07) is 0. The highest BCUT2D eigenvalue weighted by Gasteiger charge is 2.16. The van der Waals surface area contributed by atoms with Crippen molar-refractivity contribution in [1.82, 2.24) is 0 Å². The van der Waals surface area contributed by atoms with Gasteiger partial charge in [0, 0.05) is 12.8 Å². The molecule has 0 radical (unpaired) electrons. The molecular formula is C41H66O5. The molecular weight excluding hydrogens is 572 g/mol. The van der Waals surface area contributed by atoms with Crippen molar-refractivity contribution < 1.29 is 24.2 Å². The predicted octanol–water partition coefficient (Wildman–Crippen LogP) is 11.2. The number of rotatable bonds is 31. The zero-order valence-electron chi connectivity index (χ0n) is 29.3. The highest BCUT2D eigenvalue weighted by molar-refractivity contribution is 5.70. The minimum Gasteiger partial charge on any atom is -0.462 e. The normalized spacial score (nSPS) is 13.2. The van der Waals surface area contributed by atoms with E-state index in [0.717, 1.165) is 83.5 Å². The van der Waals surface area contributed by atoms with Crippen LogP contribution in [-0.2, 0) is 19.1 Å². The first-order valence-electron chi connectivity index (χ1n) is 18.1. The van der Waals surface area contributed by atoms with E-state index in [9.17, 15) is 14.7 Å². The van der Waals surface area contributed by atoms with Crippen molar-refractivity contribution in [3.8, 4) is 0 Å². The molecule has 0 aromatic heterocycles. The average molecular weight is 639 g/mol. The number of carbonyl (C=O) groups excluding carboxylic acids is 2. The van der Waals surface area contributed by atoms with Crippen LogP contribution < -0.4 is 0 Å². The van der Waals surface area contributed by atoms with E-state index in [1.165, 1.54) is 32.1 Å². The molecule has 5 nitrogen and oxygen atoms in total. The molecule has 1 unspecified atom stereocenters. The molecule has 0 aromatic rings. The first-order valence-corrected chi connectivity index (χ1v) is 18.1. The molecule has 260 valence electrons. The highest BCUT2D eigenvalue weighted by atomic mass is 16.6. The maximum Gasteiger partial charge on any atom is 0.306 e. The summed E-state index contributed by atoms with van der Waals surface area (Å²) in [6.45, 7) is 3.91. The van der Waals surface area contributed by atoms with Crippen LogP contribution in [0.2, 0.25) is 0 Å². The molecule has 0 amide bonds. The van der Waals surface area contributed by atoms with Gasteiger partial charge < -0.3 is 14.6 Å². The fourth-order valence-electron chi connectivity index (χ4n) is 4.42. The van der Waals surface area contributed by atoms with Gasteiger partial charge in [0.2, 0.25) is 0 Å². The molecule has 0 saturated carbocycles. The lowest BCUT2D eigenvalue weighted by Gasteiger charge is -2.15. The van der Waals surface area contributed by atoms with Crippen molar-refractivity contribution in [1.29, 1.82) is 0 Å². The molecule has 0 saturated heterocycles. The number of allylic oxidation sites excluding steroid dienone is 14. The van der Waals surface area contributed by atoms with E-state index in [4.69, 9.17) is 9.47 Å². The summed E-state index contributed by atoms with van der Waals surface area (Å²) in [4.78, 5) is 24.1. The molecule has 0 aliphatic heterocycles. The lowest BCUT2D eigenvalue weighted by Crippen LogP contribution is -2.28. The van der Waals surface area contributed by atoms with Gasteiger partial charge in [0.05, 0.1) is 6.61 Å². The molecule has 0 aliphatic rings.